The minimum atomic E-state index is -0.415. The third-order valence-corrected chi connectivity index (χ3v) is 1.92. The Bertz CT molecular complexity index is 342. The Morgan fingerprint density at radius 3 is 2.23 bits per heavy atom. The van der Waals surface area contributed by atoms with Crippen LogP contribution in [0, 0.1) is 10.1 Å². The maximum absolute atomic E-state index is 10.3. The second kappa shape index (κ2) is 4.13. The van der Waals surface area contributed by atoms with Crippen LogP contribution in [0.15, 0.2) is 28.6 Å². The average Bonchev–Trinajstić information content (AvgIpc) is 2.04. The third-order valence-electron chi connectivity index (χ3n) is 1.35. The van der Waals surface area contributed by atoms with Crippen LogP contribution >= 0.6 is 0 Å². The maximum atomic E-state index is 10.3. The van der Waals surface area contributed by atoms with Crippen LogP contribution in [-0.4, -0.2) is 17.4 Å². The van der Waals surface area contributed by atoms with E-state index in [4.69, 9.17) is 0 Å². The first-order valence-electron chi connectivity index (χ1n) is 3.63. The Kier molecular flexibility index (Phi) is 3.13. The van der Waals surface area contributed by atoms with Gasteiger partial charge in [0, 0.05) is 12.1 Å². The van der Waals surface area contributed by atoms with E-state index in [1.54, 1.807) is 12.1 Å². The molecule has 0 saturated carbocycles. The highest BCUT2D eigenvalue weighted by Gasteiger charge is 2.02. The monoisotopic (exact) mass is 198 g/mol. The normalized spacial score (nSPS) is 10.1. The lowest BCUT2D eigenvalue weighted by Crippen LogP contribution is -1.85. The minimum Gasteiger partial charge on any atom is -0.258 e. The predicted octanol–water partition coefficient (Wildman–Crippen LogP) is 2.29. The molecule has 0 N–H and O–H groups in total. The van der Waals surface area contributed by atoms with E-state index in [0.717, 1.165) is 5.69 Å². The van der Waals surface area contributed by atoms with E-state index >= 15 is 0 Å². The van der Waals surface area contributed by atoms with Gasteiger partial charge in [-0.3, -0.25) is 10.1 Å². The van der Waals surface area contributed by atoms with Crippen molar-refractivity contribution in [3.8, 4) is 0 Å². The number of rotatable bonds is 2. The van der Waals surface area contributed by atoms with E-state index in [9.17, 15) is 10.1 Å². The van der Waals surface area contributed by atoms with Gasteiger partial charge in [-0.2, -0.15) is 0 Å². The number of benzene rings is 1. The Balaban J connectivity index is 2.94. The zero-order valence-electron chi connectivity index (χ0n) is 7.43. The summed E-state index contributed by atoms with van der Waals surface area (Å²) in [6.07, 6.45) is 3.98. The topological polar surface area (TPSA) is 55.5 Å². The summed E-state index contributed by atoms with van der Waals surface area (Å²) >= 11 is 0. The zero-order valence-corrected chi connectivity index (χ0v) is 8.25. The lowest BCUT2D eigenvalue weighted by atomic mass is 10.3. The summed E-state index contributed by atoms with van der Waals surface area (Å²) in [5.74, 6) is 0. The van der Waals surface area contributed by atoms with Crippen LogP contribution in [0.3, 0.4) is 0 Å². The molecule has 0 aliphatic rings. The van der Waals surface area contributed by atoms with Crippen LogP contribution in [0.1, 0.15) is 0 Å². The highest BCUT2D eigenvalue weighted by atomic mass is 32.2. The van der Waals surface area contributed by atoms with Crippen molar-refractivity contribution < 1.29 is 4.92 Å². The molecule has 13 heavy (non-hydrogen) atoms. The zero-order chi connectivity index (χ0) is 9.84. The minimum absolute atomic E-state index is 0.0287. The average molecular weight is 198 g/mol. The molecule has 0 heterocycles. The van der Waals surface area contributed by atoms with Crippen molar-refractivity contribution in [3.63, 3.8) is 0 Å². The van der Waals surface area contributed by atoms with Gasteiger partial charge in [0.2, 0.25) is 0 Å². The van der Waals surface area contributed by atoms with Crippen LogP contribution in [0.4, 0.5) is 11.4 Å². The fourth-order valence-electron chi connectivity index (χ4n) is 0.846. The number of hydrogen-bond donors (Lipinski definition) is 0. The molecule has 5 heteroatoms. The van der Waals surface area contributed by atoms with Crippen LogP contribution in [0.5, 0.6) is 0 Å². The lowest BCUT2D eigenvalue weighted by Gasteiger charge is -1.94. The van der Waals surface area contributed by atoms with E-state index in [1.165, 1.54) is 12.1 Å². The molecule has 0 aliphatic heterocycles. The van der Waals surface area contributed by atoms with Gasteiger partial charge in [-0.25, -0.2) is 4.36 Å². The van der Waals surface area contributed by atoms with Gasteiger partial charge in [0.25, 0.3) is 5.69 Å². The summed E-state index contributed by atoms with van der Waals surface area (Å²) in [5, 5.41) is 10.3. The second-order valence-electron chi connectivity index (χ2n) is 2.64. The molecule has 4 nitrogen and oxygen atoms in total. The van der Waals surface area contributed by atoms with Gasteiger partial charge in [-0.05, 0) is 24.6 Å². The molecule has 0 atom stereocenters. The summed E-state index contributed by atoms with van der Waals surface area (Å²) in [6, 6.07) is 6.24. The number of nitro groups is 1. The third kappa shape index (κ3) is 2.95. The first-order chi connectivity index (χ1) is 6.09. The molecule has 0 unspecified atom stereocenters. The standard InChI is InChI=1S/C8H10N2O2S/c1-13(2)9-7-3-5-8(6-4-7)10(11)12/h3-6H,1-2H3. The fraction of sp³-hybridized carbons (Fsp3) is 0.250. The molecule has 0 spiro atoms. The molecule has 1 rings (SSSR count). The summed E-state index contributed by atoms with van der Waals surface area (Å²) in [7, 11) is -0.0287. The summed E-state index contributed by atoms with van der Waals surface area (Å²) in [6.45, 7) is 0. The molecule has 0 aromatic heterocycles. The van der Waals surface area contributed by atoms with Crippen LogP contribution in [0.2, 0.25) is 0 Å². The number of hydrogen-bond acceptors (Lipinski definition) is 3. The van der Waals surface area contributed by atoms with E-state index in [2.05, 4.69) is 4.36 Å². The Morgan fingerprint density at radius 2 is 1.85 bits per heavy atom. The molecule has 70 valence electrons. The smallest absolute Gasteiger partial charge is 0.258 e. The highest BCUT2D eigenvalue weighted by Crippen LogP contribution is 2.18. The van der Waals surface area contributed by atoms with Crippen molar-refractivity contribution in [2.75, 3.05) is 12.5 Å². The molecule has 0 bridgehead atoms. The van der Waals surface area contributed by atoms with Crippen molar-refractivity contribution in [2.24, 2.45) is 4.36 Å². The van der Waals surface area contributed by atoms with Crippen molar-refractivity contribution in [2.45, 2.75) is 0 Å². The molecule has 0 saturated heterocycles. The van der Waals surface area contributed by atoms with Crippen molar-refractivity contribution in [1.82, 2.24) is 0 Å². The van der Waals surface area contributed by atoms with Gasteiger partial charge in [0.15, 0.2) is 0 Å². The van der Waals surface area contributed by atoms with Crippen molar-refractivity contribution in [1.29, 1.82) is 0 Å². The fourth-order valence-corrected chi connectivity index (χ4v) is 1.39. The first kappa shape index (κ1) is 9.85. The quantitative estimate of drug-likeness (QED) is 0.540. The van der Waals surface area contributed by atoms with Crippen molar-refractivity contribution >= 4 is 22.1 Å². The van der Waals surface area contributed by atoms with E-state index in [-0.39, 0.29) is 16.4 Å². The second-order valence-corrected chi connectivity index (χ2v) is 4.37. The van der Waals surface area contributed by atoms with Crippen LogP contribution in [-0.2, 0) is 10.7 Å². The summed E-state index contributed by atoms with van der Waals surface area (Å²) in [4.78, 5) is 9.90. The molecule has 0 aliphatic carbocycles. The summed E-state index contributed by atoms with van der Waals surface area (Å²) < 4.78 is 4.27. The van der Waals surface area contributed by atoms with E-state index in [1.807, 2.05) is 12.5 Å². The van der Waals surface area contributed by atoms with Gasteiger partial charge in [-0.1, -0.05) is 0 Å². The number of nitro benzene ring substituents is 1. The van der Waals surface area contributed by atoms with Gasteiger partial charge in [-0.15, -0.1) is 10.7 Å². The van der Waals surface area contributed by atoms with Gasteiger partial charge < -0.3 is 0 Å². The maximum Gasteiger partial charge on any atom is 0.269 e. The highest BCUT2D eigenvalue weighted by molar-refractivity contribution is 7.85. The summed E-state index contributed by atoms with van der Waals surface area (Å²) in [5.41, 5.74) is 0.893. The first-order valence-corrected chi connectivity index (χ1v) is 5.63. The van der Waals surface area contributed by atoms with Crippen LogP contribution < -0.4 is 0 Å². The molecular weight excluding hydrogens is 188 g/mol. The largest absolute Gasteiger partial charge is 0.269 e. The molecular formula is C8H10N2O2S. The van der Waals surface area contributed by atoms with Crippen LogP contribution in [0.25, 0.3) is 0 Å². The Hall–Kier alpha value is -1.23. The van der Waals surface area contributed by atoms with Gasteiger partial charge in [0.05, 0.1) is 10.6 Å². The predicted molar refractivity (Wildman–Crippen MR) is 54.4 cm³/mol. The Labute approximate surface area is 78.8 Å². The Morgan fingerprint density at radius 1 is 1.31 bits per heavy atom. The van der Waals surface area contributed by atoms with Gasteiger partial charge in [0.1, 0.15) is 0 Å². The number of nitrogens with zero attached hydrogens (tertiary/aromatic N) is 2. The molecule has 1 aromatic rings. The molecule has 1 aromatic carbocycles. The lowest BCUT2D eigenvalue weighted by molar-refractivity contribution is -0.384. The molecule has 0 radical (unpaired) electrons. The van der Waals surface area contributed by atoms with E-state index in [0.29, 0.717) is 0 Å². The molecule has 0 amide bonds. The van der Waals surface area contributed by atoms with E-state index < -0.39 is 4.92 Å². The number of non-ortho nitro benzene ring substituents is 1. The SMILES string of the molecule is CS(C)=Nc1ccc([N+](=O)[O-])cc1. The molecule has 0 fully saturated rings. The van der Waals surface area contributed by atoms with Crippen molar-refractivity contribution in [3.05, 3.63) is 34.4 Å². The van der Waals surface area contributed by atoms with Gasteiger partial charge >= 0.3 is 0 Å².